The Morgan fingerprint density at radius 2 is 0.581 bits per heavy atom. The molecule has 0 amide bonds. The van der Waals surface area contributed by atoms with Gasteiger partial charge in [0.2, 0.25) is 0 Å². The van der Waals surface area contributed by atoms with Gasteiger partial charge in [-0.2, -0.15) is 0 Å². The van der Waals surface area contributed by atoms with Crippen LogP contribution in [-0.4, -0.2) is 0 Å². The number of nitrogens with zero attached hydrogens (tertiary/aromatic N) is 1. The first kappa shape index (κ1) is 37.0. The maximum absolute atomic E-state index is 2.47. The summed E-state index contributed by atoms with van der Waals surface area (Å²) in [5.74, 6) is 0. The second-order valence-electron chi connectivity index (χ2n) is 16.1. The average Bonchev–Trinajstić information content (AvgIpc) is 3.66. The van der Waals surface area contributed by atoms with E-state index in [-0.39, 0.29) is 0 Å². The van der Waals surface area contributed by atoms with E-state index < -0.39 is 5.41 Å². The monoisotopic (exact) mass is 789 g/mol. The number of rotatable bonds is 9. The van der Waals surface area contributed by atoms with Crippen LogP contribution >= 0.6 is 0 Å². The van der Waals surface area contributed by atoms with Crippen molar-refractivity contribution in [2.24, 2.45) is 0 Å². The number of anilines is 3. The third kappa shape index (κ3) is 6.52. The lowest BCUT2D eigenvalue weighted by molar-refractivity contribution is 0.769. The van der Waals surface area contributed by atoms with Crippen molar-refractivity contribution >= 4 is 17.1 Å². The Morgan fingerprint density at radius 3 is 1.05 bits per heavy atom. The molecule has 0 aromatic heterocycles. The molecule has 1 nitrogen and oxygen atoms in total. The number of hydrogen-bond acceptors (Lipinski definition) is 1. The Hall–Kier alpha value is -8.00. The van der Waals surface area contributed by atoms with Gasteiger partial charge >= 0.3 is 0 Å². The molecule has 292 valence electrons. The van der Waals surface area contributed by atoms with Crippen LogP contribution in [0.2, 0.25) is 0 Å². The summed E-state index contributed by atoms with van der Waals surface area (Å²) in [7, 11) is 0. The van der Waals surface area contributed by atoms with Crippen LogP contribution in [0.5, 0.6) is 0 Å². The van der Waals surface area contributed by atoms with Crippen molar-refractivity contribution in [2.45, 2.75) is 5.41 Å². The topological polar surface area (TPSA) is 3.24 Å². The molecule has 10 aromatic carbocycles. The molecule has 0 saturated heterocycles. The molecule has 1 heteroatoms. The lowest BCUT2D eigenvalue weighted by Crippen LogP contribution is -2.29. The van der Waals surface area contributed by atoms with Crippen LogP contribution in [0.4, 0.5) is 17.1 Å². The van der Waals surface area contributed by atoms with Crippen molar-refractivity contribution in [1.82, 2.24) is 0 Å². The van der Waals surface area contributed by atoms with E-state index in [0.29, 0.717) is 0 Å². The van der Waals surface area contributed by atoms with Crippen molar-refractivity contribution in [3.05, 3.63) is 283 Å². The molecule has 10 aromatic rings. The molecular formula is C61H43N. The maximum Gasteiger partial charge on any atom is 0.0714 e. The van der Waals surface area contributed by atoms with Crippen LogP contribution in [0.3, 0.4) is 0 Å². The molecule has 1 aliphatic carbocycles. The molecule has 0 spiro atoms. The molecular weight excluding hydrogens is 747 g/mol. The molecule has 0 atom stereocenters. The molecule has 11 rings (SSSR count). The zero-order valence-electron chi connectivity index (χ0n) is 34.3. The minimum atomic E-state index is -0.627. The van der Waals surface area contributed by atoms with Gasteiger partial charge in [0.15, 0.2) is 0 Å². The van der Waals surface area contributed by atoms with Crippen LogP contribution < -0.4 is 4.90 Å². The summed E-state index contributed by atoms with van der Waals surface area (Å²) in [5.41, 5.74) is 19.8. The Labute approximate surface area is 364 Å². The van der Waals surface area contributed by atoms with Gasteiger partial charge in [-0.1, -0.05) is 212 Å². The maximum atomic E-state index is 2.47. The largest absolute Gasteiger partial charge is 0.310 e. The summed E-state index contributed by atoms with van der Waals surface area (Å²) in [6.45, 7) is 0. The third-order valence-electron chi connectivity index (χ3n) is 12.6. The van der Waals surface area contributed by atoms with Crippen molar-refractivity contribution < 1.29 is 0 Å². The van der Waals surface area contributed by atoms with E-state index in [2.05, 4.69) is 266 Å². The Morgan fingerprint density at radius 1 is 0.226 bits per heavy atom. The summed E-state index contributed by atoms with van der Waals surface area (Å²) >= 11 is 0. The molecule has 62 heavy (non-hydrogen) atoms. The lowest BCUT2D eigenvalue weighted by atomic mass is 9.67. The summed E-state index contributed by atoms with van der Waals surface area (Å²) < 4.78 is 0. The highest BCUT2D eigenvalue weighted by Crippen LogP contribution is 2.58. The van der Waals surface area contributed by atoms with E-state index in [1.807, 2.05) is 0 Å². The normalized spacial score (nSPS) is 12.3. The molecule has 0 saturated carbocycles. The van der Waals surface area contributed by atoms with E-state index in [1.54, 1.807) is 0 Å². The fraction of sp³-hybridized carbons (Fsp3) is 0.0164. The van der Waals surface area contributed by atoms with E-state index in [9.17, 15) is 0 Å². The standard InChI is InChI=1S/C61H43N/c1-5-17-44(18-6-1)48-31-35-54(36-32-48)62(55-37-33-49(34-38-55)45-19-7-2-8-20-45)56-39-40-58-57-29-13-14-30-59(57)61(60(58)43-56,52-27-15-25-50(41-52)46-21-9-3-10-22-46)53-28-16-26-51(42-53)47-23-11-4-12-24-47/h1-43H. The molecule has 0 N–H and O–H groups in total. The first-order chi connectivity index (χ1) is 30.7. The van der Waals surface area contributed by atoms with Gasteiger partial charge in [0.05, 0.1) is 5.41 Å². The number of benzene rings is 10. The fourth-order valence-corrected chi connectivity index (χ4v) is 9.63. The van der Waals surface area contributed by atoms with Crippen LogP contribution in [0, 0.1) is 0 Å². The minimum absolute atomic E-state index is 0.627. The number of hydrogen-bond donors (Lipinski definition) is 0. The third-order valence-corrected chi connectivity index (χ3v) is 12.6. The highest BCUT2D eigenvalue weighted by atomic mass is 15.1. The van der Waals surface area contributed by atoms with Gasteiger partial charge in [-0.25, -0.2) is 0 Å². The van der Waals surface area contributed by atoms with E-state index in [4.69, 9.17) is 0 Å². The smallest absolute Gasteiger partial charge is 0.0714 e. The van der Waals surface area contributed by atoms with Crippen molar-refractivity contribution in [1.29, 1.82) is 0 Å². The van der Waals surface area contributed by atoms with Crippen LogP contribution in [0.25, 0.3) is 55.6 Å². The molecule has 0 aliphatic heterocycles. The summed E-state index contributed by atoms with van der Waals surface area (Å²) in [6.07, 6.45) is 0. The number of fused-ring (bicyclic) bond motifs is 3. The summed E-state index contributed by atoms with van der Waals surface area (Å²) in [5, 5.41) is 0. The summed E-state index contributed by atoms with van der Waals surface area (Å²) in [4.78, 5) is 2.42. The molecule has 0 fully saturated rings. The summed E-state index contributed by atoms with van der Waals surface area (Å²) in [6, 6.07) is 95.4. The van der Waals surface area contributed by atoms with Gasteiger partial charge < -0.3 is 4.90 Å². The lowest BCUT2D eigenvalue weighted by Gasteiger charge is -2.35. The molecule has 0 radical (unpaired) electrons. The van der Waals surface area contributed by atoms with Crippen molar-refractivity contribution in [3.63, 3.8) is 0 Å². The molecule has 0 heterocycles. The van der Waals surface area contributed by atoms with Crippen molar-refractivity contribution in [2.75, 3.05) is 4.90 Å². The van der Waals surface area contributed by atoms with Gasteiger partial charge in [0.25, 0.3) is 0 Å². The predicted octanol–water partition coefficient (Wildman–Crippen LogP) is 16.2. The van der Waals surface area contributed by atoms with Gasteiger partial charge in [-0.05, 0) is 126 Å². The first-order valence-electron chi connectivity index (χ1n) is 21.4. The van der Waals surface area contributed by atoms with Crippen molar-refractivity contribution in [3.8, 4) is 55.6 Å². The molecule has 0 unspecified atom stereocenters. The molecule has 0 bridgehead atoms. The van der Waals surface area contributed by atoms with Crippen LogP contribution in [0.15, 0.2) is 261 Å². The zero-order valence-corrected chi connectivity index (χ0v) is 34.3. The highest BCUT2D eigenvalue weighted by molar-refractivity contribution is 5.90. The quantitative estimate of drug-likeness (QED) is 0.141. The fourth-order valence-electron chi connectivity index (χ4n) is 9.63. The Bertz CT molecular complexity index is 2970. The van der Waals surface area contributed by atoms with Crippen LogP contribution in [-0.2, 0) is 5.41 Å². The van der Waals surface area contributed by atoms with Gasteiger partial charge in [0, 0.05) is 17.1 Å². The van der Waals surface area contributed by atoms with Gasteiger partial charge in [-0.3, -0.25) is 0 Å². The predicted molar refractivity (Wildman–Crippen MR) is 260 cm³/mol. The Balaban J connectivity index is 1.15. The Kier molecular flexibility index (Phi) is 9.48. The zero-order chi connectivity index (χ0) is 41.3. The first-order valence-corrected chi connectivity index (χ1v) is 21.4. The van der Waals surface area contributed by atoms with Gasteiger partial charge in [-0.15, -0.1) is 0 Å². The van der Waals surface area contributed by atoms with Gasteiger partial charge in [0.1, 0.15) is 0 Å². The average molecular weight is 790 g/mol. The van der Waals surface area contributed by atoms with E-state index in [0.717, 1.165) is 17.1 Å². The SMILES string of the molecule is c1ccc(-c2ccc(N(c3ccc(-c4ccccc4)cc3)c3ccc4c(c3)C(c3cccc(-c5ccccc5)c3)(c3cccc(-c5ccccc5)c3)c3ccccc3-4)cc2)cc1. The second-order valence-corrected chi connectivity index (χ2v) is 16.1. The minimum Gasteiger partial charge on any atom is -0.310 e. The van der Waals surface area contributed by atoms with E-state index in [1.165, 1.54) is 77.9 Å². The second kappa shape index (κ2) is 15.9. The molecule has 1 aliphatic rings. The highest BCUT2D eigenvalue weighted by Gasteiger charge is 2.46. The van der Waals surface area contributed by atoms with Crippen LogP contribution in [0.1, 0.15) is 22.3 Å². The van der Waals surface area contributed by atoms with E-state index >= 15 is 0 Å².